The third-order valence-corrected chi connectivity index (χ3v) is 6.53. The average Bonchev–Trinajstić information content (AvgIpc) is 2.44. The van der Waals surface area contributed by atoms with Gasteiger partial charge in [0.15, 0.2) is 0 Å². The van der Waals surface area contributed by atoms with Crippen LogP contribution in [0, 0.1) is 28.6 Å². The molecule has 0 aliphatic heterocycles. The van der Waals surface area contributed by atoms with E-state index in [2.05, 4.69) is 54.5 Å². The summed E-state index contributed by atoms with van der Waals surface area (Å²) in [6, 6.07) is 0. The van der Waals surface area contributed by atoms with Gasteiger partial charge in [0.2, 0.25) is 0 Å². The van der Waals surface area contributed by atoms with Crippen molar-refractivity contribution in [1.29, 1.82) is 0 Å². The molecule has 0 aromatic heterocycles. The van der Waals surface area contributed by atoms with Gasteiger partial charge in [-0.2, -0.15) is 0 Å². The lowest BCUT2D eigenvalue weighted by molar-refractivity contribution is -0.170. The molecule has 2 rings (SSSR count). The molecule has 2 bridgehead atoms. The fraction of sp³-hybridized carbons (Fsp3) is 0.864. The van der Waals surface area contributed by atoms with E-state index < -0.39 is 5.41 Å². The Kier molecular flexibility index (Phi) is 5.87. The number of esters is 1. The van der Waals surface area contributed by atoms with Crippen LogP contribution in [0.15, 0.2) is 11.6 Å². The summed E-state index contributed by atoms with van der Waals surface area (Å²) in [5.41, 5.74) is 1.06. The van der Waals surface area contributed by atoms with Crippen LogP contribution in [0.1, 0.15) is 87.0 Å². The van der Waals surface area contributed by atoms with Crippen LogP contribution in [0.2, 0.25) is 0 Å². The van der Waals surface area contributed by atoms with Crippen LogP contribution in [0.3, 0.4) is 0 Å². The first-order chi connectivity index (χ1) is 11.0. The SMILES string of the molecule is CC(C)CC(C)(C(=O)OC(C)C1C=C2CCCC(C2)C1)C(C)(C)C. The molecular weight excluding hydrogens is 296 g/mol. The lowest BCUT2D eigenvalue weighted by Crippen LogP contribution is -2.44. The molecule has 2 heteroatoms. The molecule has 0 radical (unpaired) electrons. The van der Waals surface area contributed by atoms with Crippen LogP contribution in [-0.2, 0) is 9.53 Å². The molecule has 0 heterocycles. The van der Waals surface area contributed by atoms with Crippen LogP contribution < -0.4 is 0 Å². The molecule has 0 aromatic carbocycles. The highest BCUT2D eigenvalue weighted by atomic mass is 16.5. The molecule has 138 valence electrons. The van der Waals surface area contributed by atoms with Crippen molar-refractivity contribution in [2.75, 3.05) is 0 Å². The lowest BCUT2D eigenvalue weighted by Gasteiger charge is -2.42. The van der Waals surface area contributed by atoms with Gasteiger partial charge in [-0.3, -0.25) is 4.79 Å². The Morgan fingerprint density at radius 3 is 2.46 bits per heavy atom. The van der Waals surface area contributed by atoms with Crippen LogP contribution >= 0.6 is 0 Å². The van der Waals surface area contributed by atoms with Gasteiger partial charge in [-0.1, -0.05) is 46.3 Å². The molecule has 2 aliphatic carbocycles. The minimum absolute atomic E-state index is 0.00895. The first-order valence-electron chi connectivity index (χ1n) is 9.93. The Balaban J connectivity index is 2.09. The molecule has 0 amide bonds. The summed E-state index contributed by atoms with van der Waals surface area (Å²) in [5.74, 6) is 1.69. The van der Waals surface area contributed by atoms with Crippen molar-refractivity contribution in [3.63, 3.8) is 0 Å². The number of fused-ring (bicyclic) bond motifs is 2. The topological polar surface area (TPSA) is 26.3 Å². The Bertz CT molecular complexity index is 483. The number of hydrogen-bond donors (Lipinski definition) is 0. The molecule has 2 aliphatic rings. The summed E-state index contributed by atoms with van der Waals surface area (Å²) in [6.07, 6.45) is 9.69. The minimum Gasteiger partial charge on any atom is -0.462 e. The molecule has 4 unspecified atom stereocenters. The van der Waals surface area contributed by atoms with Crippen molar-refractivity contribution in [3.05, 3.63) is 11.6 Å². The normalized spacial score (nSPS) is 28.1. The zero-order valence-electron chi connectivity index (χ0n) is 16.9. The highest BCUT2D eigenvalue weighted by Crippen LogP contribution is 2.45. The number of carbonyl (C=O) groups is 1. The number of rotatable bonds is 5. The van der Waals surface area contributed by atoms with Gasteiger partial charge in [-0.25, -0.2) is 0 Å². The molecule has 4 atom stereocenters. The number of allylic oxidation sites excluding steroid dienone is 1. The van der Waals surface area contributed by atoms with Gasteiger partial charge in [0.1, 0.15) is 6.10 Å². The predicted octanol–water partition coefficient (Wildman–Crippen LogP) is 6.15. The predicted molar refractivity (Wildman–Crippen MR) is 101 cm³/mol. The van der Waals surface area contributed by atoms with E-state index in [0.717, 1.165) is 12.3 Å². The van der Waals surface area contributed by atoms with E-state index in [0.29, 0.717) is 11.8 Å². The lowest BCUT2D eigenvalue weighted by atomic mass is 9.64. The van der Waals surface area contributed by atoms with Gasteiger partial charge in [0, 0.05) is 5.92 Å². The first-order valence-corrected chi connectivity index (χ1v) is 9.93. The molecule has 0 spiro atoms. The second-order valence-electron chi connectivity index (χ2n) is 9.98. The summed E-state index contributed by atoms with van der Waals surface area (Å²) in [4.78, 5) is 13.1. The Labute approximate surface area is 149 Å². The number of hydrogen-bond acceptors (Lipinski definition) is 2. The summed E-state index contributed by atoms with van der Waals surface area (Å²) >= 11 is 0. The quantitative estimate of drug-likeness (QED) is 0.445. The van der Waals surface area contributed by atoms with Gasteiger partial charge in [-0.15, -0.1) is 0 Å². The van der Waals surface area contributed by atoms with E-state index in [-0.39, 0.29) is 17.5 Å². The van der Waals surface area contributed by atoms with Gasteiger partial charge >= 0.3 is 5.97 Å². The highest BCUT2D eigenvalue weighted by Gasteiger charge is 2.46. The summed E-state index contributed by atoms with van der Waals surface area (Å²) < 4.78 is 6.06. The minimum atomic E-state index is -0.437. The summed E-state index contributed by atoms with van der Waals surface area (Å²) in [7, 11) is 0. The Morgan fingerprint density at radius 2 is 1.92 bits per heavy atom. The van der Waals surface area contributed by atoms with E-state index in [1.807, 2.05) is 0 Å². The second-order valence-corrected chi connectivity index (χ2v) is 9.98. The molecule has 2 nitrogen and oxygen atoms in total. The van der Waals surface area contributed by atoms with Crippen molar-refractivity contribution >= 4 is 5.97 Å². The van der Waals surface area contributed by atoms with E-state index in [1.165, 1.54) is 32.1 Å². The van der Waals surface area contributed by atoms with Crippen molar-refractivity contribution in [1.82, 2.24) is 0 Å². The maximum Gasteiger partial charge on any atom is 0.312 e. The fourth-order valence-corrected chi connectivity index (χ4v) is 4.53. The summed E-state index contributed by atoms with van der Waals surface area (Å²) in [6.45, 7) is 15.0. The van der Waals surface area contributed by atoms with Crippen molar-refractivity contribution < 1.29 is 9.53 Å². The Hall–Kier alpha value is -0.790. The van der Waals surface area contributed by atoms with Gasteiger partial charge in [0.05, 0.1) is 5.41 Å². The molecule has 1 fully saturated rings. The zero-order chi connectivity index (χ0) is 18.1. The van der Waals surface area contributed by atoms with Crippen LogP contribution in [-0.4, -0.2) is 12.1 Å². The average molecular weight is 335 g/mol. The van der Waals surface area contributed by atoms with Crippen molar-refractivity contribution in [2.45, 2.75) is 93.1 Å². The van der Waals surface area contributed by atoms with Crippen molar-refractivity contribution in [2.24, 2.45) is 28.6 Å². The summed E-state index contributed by atoms with van der Waals surface area (Å²) in [5, 5.41) is 0. The molecule has 1 saturated carbocycles. The number of ether oxygens (including phenoxy) is 1. The first kappa shape index (κ1) is 19.5. The monoisotopic (exact) mass is 334 g/mol. The van der Waals surface area contributed by atoms with Crippen LogP contribution in [0.25, 0.3) is 0 Å². The standard InChI is InChI=1S/C22H38O2/c1-15(2)14-22(7,21(4,5)6)20(23)24-16(3)19-12-17-9-8-10-18(11-17)13-19/h12,15-16,18-19H,8-11,13-14H2,1-7H3. The number of carbonyl (C=O) groups excluding carboxylic acids is 1. The molecular formula is C22H38O2. The fourth-order valence-electron chi connectivity index (χ4n) is 4.53. The van der Waals surface area contributed by atoms with Gasteiger partial charge < -0.3 is 4.74 Å². The van der Waals surface area contributed by atoms with E-state index in [4.69, 9.17) is 4.74 Å². The molecule has 0 aromatic rings. The highest BCUT2D eigenvalue weighted by molar-refractivity contribution is 5.77. The van der Waals surface area contributed by atoms with Crippen LogP contribution in [0.4, 0.5) is 0 Å². The van der Waals surface area contributed by atoms with Crippen LogP contribution in [0.5, 0.6) is 0 Å². The Morgan fingerprint density at radius 1 is 1.25 bits per heavy atom. The largest absolute Gasteiger partial charge is 0.462 e. The van der Waals surface area contributed by atoms with E-state index >= 15 is 0 Å². The van der Waals surface area contributed by atoms with E-state index in [9.17, 15) is 4.79 Å². The van der Waals surface area contributed by atoms with Gasteiger partial charge in [-0.05, 0) is 69.6 Å². The third-order valence-electron chi connectivity index (χ3n) is 6.53. The molecule has 0 saturated heterocycles. The van der Waals surface area contributed by atoms with E-state index in [1.54, 1.807) is 5.57 Å². The smallest absolute Gasteiger partial charge is 0.312 e. The molecule has 0 N–H and O–H groups in total. The maximum absolute atomic E-state index is 13.1. The second kappa shape index (κ2) is 7.22. The van der Waals surface area contributed by atoms with Crippen molar-refractivity contribution in [3.8, 4) is 0 Å². The maximum atomic E-state index is 13.1. The molecule has 24 heavy (non-hydrogen) atoms. The third kappa shape index (κ3) is 4.24. The zero-order valence-corrected chi connectivity index (χ0v) is 16.9. The van der Waals surface area contributed by atoms with Gasteiger partial charge in [0.25, 0.3) is 0 Å².